The van der Waals surface area contributed by atoms with E-state index in [4.69, 9.17) is 0 Å². The Hall–Kier alpha value is -1.89. The summed E-state index contributed by atoms with van der Waals surface area (Å²) in [6, 6.07) is 5.20. The van der Waals surface area contributed by atoms with Gasteiger partial charge in [0.1, 0.15) is 0 Å². The van der Waals surface area contributed by atoms with E-state index in [1.807, 2.05) is 0 Å². The number of ether oxygens (including phenoxy) is 1. The van der Waals surface area contributed by atoms with E-state index < -0.39 is 30.8 Å². The molecular weight excluding hydrogens is 287 g/mol. The Labute approximate surface area is 119 Å². The fourth-order valence-corrected chi connectivity index (χ4v) is 2.25. The summed E-state index contributed by atoms with van der Waals surface area (Å²) in [5.74, 6) is -1.53. The Kier molecular flexibility index (Phi) is 4.04. The van der Waals surface area contributed by atoms with Crippen LogP contribution in [0.5, 0.6) is 0 Å². The van der Waals surface area contributed by atoms with Crippen LogP contribution in [0.4, 0.5) is 13.2 Å². The van der Waals surface area contributed by atoms with Gasteiger partial charge in [-0.1, -0.05) is 26.0 Å². The number of imide groups is 1. The van der Waals surface area contributed by atoms with Crippen molar-refractivity contribution in [3.8, 4) is 0 Å². The molecule has 0 aliphatic carbocycles. The van der Waals surface area contributed by atoms with Gasteiger partial charge in [-0.15, -0.1) is 13.2 Å². The second kappa shape index (κ2) is 5.48. The molecule has 1 aromatic carbocycles. The van der Waals surface area contributed by atoms with E-state index in [-0.39, 0.29) is 17.0 Å². The summed E-state index contributed by atoms with van der Waals surface area (Å²) >= 11 is 0. The van der Waals surface area contributed by atoms with Crippen LogP contribution in [0.2, 0.25) is 0 Å². The van der Waals surface area contributed by atoms with Crippen LogP contribution in [0.3, 0.4) is 0 Å². The quantitative estimate of drug-likeness (QED) is 0.803. The zero-order chi connectivity index (χ0) is 15.8. The summed E-state index contributed by atoms with van der Waals surface area (Å²) in [6.45, 7) is 2.49. The van der Waals surface area contributed by atoms with Gasteiger partial charge >= 0.3 is 6.36 Å². The summed E-state index contributed by atoms with van der Waals surface area (Å²) in [6.07, 6.45) is -4.80. The average Bonchev–Trinajstić information content (AvgIpc) is 2.63. The Bertz CT molecular complexity index is 534. The maximum atomic E-state index is 12.2. The van der Waals surface area contributed by atoms with Gasteiger partial charge in [0.2, 0.25) is 0 Å². The van der Waals surface area contributed by atoms with Crippen molar-refractivity contribution in [3.63, 3.8) is 0 Å². The SMILES string of the molecule is CC(C)C(COC(F)(F)F)N1C(=O)c2ccccc2C1=O. The summed E-state index contributed by atoms with van der Waals surface area (Å²) in [4.78, 5) is 25.4. The molecular formula is C14H14F3NO3. The van der Waals surface area contributed by atoms with Crippen molar-refractivity contribution >= 4 is 11.8 Å². The average molecular weight is 301 g/mol. The first-order valence-electron chi connectivity index (χ1n) is 6.40. The third kappa shape index (κ3) is 3.07. The normalized spacial score (nSPS) is 16.6. The molecule has 0 aromatic heterocycles. The second-order valence-corrected chi connectivity index (χ2v) is 5.09. The number of benzene rings is 1. The number of nitrogens with zero attached hydrogens (tertiary/aromatic N) is 1. The number of alkyl halides is 3. The van der Waals surface area contributed by atoms with E-state index in [0.717, 1.165) is 4.90 Å². The van der Waals surface area contributed by atoms with Gasteiger partial charge in [-0.2, -0.15) is 0 Å². The maximum Gasteiger partial charge on any atom is 0.522 e. The van der Waals surface area contributed by atoms with E-state index in [9.17, 15) is 22.8 Å². The topological polar surface area (TPSA) is 46.6 Å². The van der Waals surface area contributed by atoms with Crippen LogP contribution in [0.1, 0.15) is 34.6 Å². The van der Waals surface area contributed by atoms with Gasteiger partial charge in [0.05, 0.1) is 23.8 Å². The largest absolute Gasteiger partial charge is 0.522 e. The molecule has 1 atom stereocenters. The highest BCUT2D eigenvalue weighted by Crippen LogP contribution is 2.28. The summed E-state index contributed by atoms with van der Waals surface area (Å²) in [5.41, 5.74) is 0.417. The minimum Gasteiger partial charge on any atom is -0.290 e. The molecule has 0 saturated heterocycles. The summed E-state index contributed by atoms with van der Waals surface area (Å²) in [7, 11) is 0. The van der Waals surface area contributed by atoms with Crippen LogP contribution >= 0.6 is 0 Å². The molecule has 21 heavy (non-hydrogen) atoms. The first-order chi connectivity index (χ1) is 9.72. The molecule has 1 aromatic rings. The first-order valence-corrected chi connectivity index (χ1v) is 6.40. The summed E-state index contributed by atoms with van der Waals surface area (Å²) < 4.78 is 40.5. The molecule has 1 aliphatic rings. The van der Waals surface area contributed by atoms with Gasteiger partial charge < -0.3 is 0 Å². The molecule has 0 N–H and O–H groups in total. The number of hydrogen-bond donors (Lipinski definition) is 0. The van der Waals surface area contributed by atoms with Crippen molar-refractivity contribution < 1.29 is 27.5 Å². The fourth-order valence-electron chi connectivity index (χ4n) is 2.25. The molecule has 2 rings (SSSR count). The van der Waals surface area contributed by atoms with Crippen molar-refractivity contribution in [1.29, 1.82) is 0 Å². The lowest BCUT2D eigenvalue weighted by atomic mass is 10.0. The molecule has 0 saturated carbocycles. The predicted octanol–water partition coefficient (Wildman–Crippen LogP) is 2.84. The molecule has 114 valence electrons. The van der Waals surface area contributed by atoms with Crippen molar-refractivity contribution in [2.24, 2.45) is 5.92 Å². The van der Waals surface area contributed by atoms with E-state index >= 15 is 0 Å². The minimum atomic E-state index is -4.80. The number of halogens is 3. The van der Waals surface area contributed by atoms with Crippen molar-refractivity contribution in [1.82, 2.24) is 4.90 Å². The monoisotopic (exact) mass is 301 g/mol. The number of carbonyl (C=O) groups excluding carboxylic acids is 2. The highest BCUT2D eigenvalue weighted by Gasteiger charge is 2.42. The van der Waals surface area contributed by atoms with Gasteiger partial charge in [-0.05, 0) is 18.1 Å². The number of hydrogen-bond acceptors (Lipinski definition) is 3. The second-order valence-electron chi connectivity index (χ2n) is 5.09. The lowest BCUT2D eigenvalue weighted by Crippen LogP contribution is -2.46. The maximum absolute atomic E-state index is 12.2. The molecule has 0 bridgehead atoms. The molecule has 7 heteroatoms. The van der Waals surface area contributed by atoms with Gasteiger partial charge in [-0.3, -0.25) is 19.2 Å². The van der Waals surface area contributed by atoms with Crippen LogP contribution in [0.25, 0.3) is 0 Å². The number of fused-ring (bicyclic) bond motifs is 1. The molecule has 1 aliphatic heterocycles. The van der Waals surface area contributed by atoms with Crippen LogP contribution in [-0.2, 0) is 4.74 Å². The molecule has 0 radical (unpaired) electrons. The minimum absolute atomic E-state index is 0.208. The molecule has 1 heterocycles. The van der Waals surface area contributed by atoms with Crippen molar-refractivity contribution in [2.75, 3.05) is 6.61 Å². The number of carbonyl (C=O) groups is 2. The van der Waals surface area contributed by atoms with Crippen LogP contribution in [0.15, 0.2) is 24.3 Å². The molecule has 1 unspecified atom stereocenters. The van der Waals surface area contributed by atoms with E-state index in [1.54, 1.807) is 26.0 Å². The van der Waals surface area contributed by atoms with Crippen LogP contribution < -0.4 is 0 Å². The lowest BCUT2D eigenvalue weighted by Gasteiger charge is -2.29. The van der Waals surface area contributed by atoms with E-state index in [2.05, 4.69) is 4.74 Å². The Morgan fingerprint density at radius 3 is 1.95 bits per heavy atom. The Morgan fingerprint density at radius 1 is 1.10 bits per heavy atom. The number of amides is 2. The Morgan fingerprint density at radius 2 is 1.57 bits per heavy atom. The van der Waals surface area contributed by atoms with E-state index in [0.29, 0.717) is 0 Å². The van der Waals surface area contributed by atoms with Gasteiger partial charge in [0.25, 0.3) is 11.8 Å². The summed E-state index contributed by atoms with van der Waals surface area (Å²) in [5, 5.41) is 0. The molecule has 2 amide bonds. The lowest BCUT2D eigenvalue weighted by molar-refractivity contribution is -0.328. The van der Waals surface area contributed by atoms with Crippen molar-refractivity contribution in [3.05, 3.63) is 35.4 Å². The van der Waals surface area contributed by atoms with Crippen molar-refractivity contribution in [2.45, 2.75) is 26.3 Å². The smallest absolute Gasteiger partial charge is 0.290 e. The molecule has 4 nitrogen and oxygen atoms in total. The molecule has 0 spiro atoms. The van der Waals surface area contributed by atoms with E-state index in [1.165, 1.54) is 12.1 Å². The van der Waals surface area contributed by atoms with Gasteiger partial charge in [-0.25, -0.2) is 0 Å². The fraction of sp³-hybridized carbons (Fsp3) is 0.429. The van der Waals surface area contributed by atoms with Gasteiger partial charge in [0.15, 0.2) is 0 Å². The van der Waals surface area contributed by atoms with Crippen LogP contribution in [0, 0.1) is 5.92 Å². The highest BCUT2D eigenvalue weighted by atomic mass is 19.4. The first kappa shape index (κ1) is 15.5. The third-order valence-corrected chi connectivity index (χ3v) is 3.34. The highest BCUT2D eigenvalue weighted by molar-refractivity contribution is 6.21. The van der Waals surface area contributed by atoms with Gasteiger partial charge in [0, 0.05) is 0 Å². The zero-order valence-electron chi connectivity index (χ0n) is 11.5. The zero-order valence-corrected chi connectivity index (χ0v) is 11.5. The van der Waals surface area contributed by atoms with Crippen LogP contribution in [-0.4, -0.2) is 35.7 Å². The number of rotatable bonds is 4. The Balaban J connectivity index is 2.27. The third-order valence-electron chi connectivity index (χ3n) is 3.34. The standard InChI is InChI=1S/C14H14F3NO3/c1-8(2)11(7-21-14(15,16)17)18-12(19)9-5-3-4-6-10(9)13(18)20/h3-6,8,11H,7H2,1-2H3. The predicted molar refractivity (Wildman–Crippen MR) is 67.6 cm³/mol. The molecule has 0 fully saturated rings.